The van der Waals surface area contributed by atoms with Gasteiger partial charge in [0.15, 0.2) is 9.84 Å². The predicted molar refractivity (Wildman–Crippen MR) is 75.3 cm³/mol. The van der Waals surface area contributed by atoms with E-state index in [2.05, 4.69) is 0 Å². The molecule has 1 aromatic carbocycles. The van der Waals surface area contributed by atoms with Crippen molar-refractivity contribution in [2.75, 3.05) is 18.8 Å². The first-order valence-electron chi connectivity index (χ1n) is 6.59. The van der Waals surface area contributed by atoms with E-state index in [4.69, 9.17) is 5.11 Å². The monoisotopic (exact) mass is 297 g/mol. The Labute approximate surface area is 119 Å². The van der Waals surface area contributed by atoms with Crippen LogP contribution in [0.3, 0.4) is 0 Å². The van der Waals surface area contributed by atoms with Gasteiger partial charge in [0.05, 0.1) is 23.2 Å². The van der Waals surface area contributed by atoms with Crippen LogP contribution >= 0.6 is 0 Å². The highest BCUT2D eigenvalue weighted by Crippen LogP contribution is 2.37. The molecule has 0 radical (unpaired) electrons. The molecular weight excluding hydrogens is 278 g/mol. The number of benzene rings is 1. The number of carboxylic acids is 1. The van der Waals surface area contributed by atoms with Gasteiger partial charge in [-0.15, -0.1) is 0 Å². The van der Waals surface area contributed by atoms with E-state index >= 15 is 0 Å². The summed E-state index contributed by atoms with van der Waals surface area (Å²) in [4.78, 5) is 13.1. The fraction of sp³-hybridized carbons (Fsp3) is 0.500. The third kappa shape index (κ3) is 3.02. The molecule has 0 aromatic heterocycles. The molecule has 0 bridgehead atoms. The maximum absolute atomic E-state index is 12.2. The molecule has 20 heavy (non-hydrogen) atoms. The van der Waals surface area contributed by atoms with Gasteiger partial charge in [-0.25, -0.2) is 8.42 Å². The molecule has 2 rings (SSSR count). The van der Waals surface area contributed by atoms with E-state index in [9.17, 15) is 13.2 Å². The molecule has 110 valence electrons. The topological polar surface area (TPSA) is 74.7 Å². The highest BCUT2D eigenvalue weighted by atomic mass is 32.2. The van der Waals surface area contributed by atoms with Gasteiger partial charge in [-0.1, -0.05) is 32.0 Å². The van der Waals surface area contributed by atoms with Crippen molar-refractivity contribution in [1.29, 1.82) is 0 Å². The average molecular weight is 297 g/mol. The molecule has 1 atom stereocenters. The van der Waals surface area contributed by atoms with Crippen LogP contribution in [0.2, 0.25) is 0 Å². The molecule has 0 amide bonds. The van der Waals surface area contributed by atoms with Crippen LogP contribution in [0.15, 0.2) is 29.2 Å². The third-order valence-electron chi connectivity index (χ3n) is 3.37. The Balaban J connectivity index is 2.38. The second-order valence-corrected chi connectivity index (χ2v) is 7.55. The van der Waals surface area contributed by atoms with Gasteiger partial charge in [0.1, 0.15) is 0 Å². The minimum atomic E-state index is -3.31. The fourth-order valence-electron chi connectivity index (χ4n) is 2.67. The van der Waals surface area contributed by atoms with Crippen molar-refractivity contribution in [2.24, 2.45) is 5.92 Å². The minimum absolute atomic E-state index is 0.0354. The van der Waals surface area contributed by atoms with Crippen LogP contribution in [-0.4, -0.2) is 43.2 Å². The molecule has 5 nitrogen and oxygen atoms in total. The first-order valence-corrected chi connectivity index (χ1v) is 8.24. The molecule has 1 aliphatic rings. The summed E-state index contributed by atoms with van der Waals surface area (Å²) in [6, 6.07) is 6.50. The first-order chi connectivity index (χ1) is 9.31. The van der Waals surface area contributed by atoms with Crippen molar-refractivity contribution in [3.63, 3.8) is 0 Å². The molecule has 6 heteroatoms. The number of nitrogens with zero attached hydrogens (tertiary/aromatic N) is 1. The number of carboxylic acid groups (broad SMARTS) is 1. The van der Waals surface area contributed by atoms with Crippen molar-refractivity contribution in [2.45, 2.75) is 24.8 Å². The van der Waals surface area contributed by atoms with E-state index in [0.29, 0.717) is 11.4 Å². The average Bonchev–Trinajstić information content (AvgIpc) is 2.60. The Bertz CT molecular complexity index is 609. The number of hydrogen-bond donors (Lipinski definition) is 1. The van der Waals surface area contributed by atoms with Gasteiger partial charge >= 0.3 is 5.97 Å². The van der Waals surface area contributed by atoms with Crippen molar-refractivity contribution < 1.29 is 18.3 Å². The lowest BCUT2D eigenvalue weighted by Gasteiger charge is -2.28. The van der Waals surface area contributed by atoms with Gasteiger partial charge in [-0.05, 0) is 17.5 Å². The highest BCUT2D eigenvalue weighted by Gasteiger charge is 2.38. The molecule has 0 fully saturated rings. The first kappa shape index (κ1) is 15.0. The summed E-state index contributed by atoms with van der Waals surface area (Å²) < 4.78 is 24.3. The standard InChI is InChI=1S/C14H19NO4S/c1-10(2)7-15(8-14(16)17)12-9-20(18,19)13-6-4-3-5-11(12)13/h3-6,10,12H,7-9H2,1-2H3,(H,16,17). The van der Waals surface area contributed by atoms with E-state index in [1.165, 1.54) is 0 Å². The van der Waals surface area contributed by atoms with E-state index in [0.717, 1.165) is 5.56 Å². The summed E-state index contributed by atoms with van der Waals surface area (Å²) in [5.74, 6) is -0.705. The van der Waals surface area contributed by atoms with E-state index in [1.54, 1.807) is 29.2 Å². The number of aliphatic carboxylic acids is 1. The Morgan fingerprint density at radius 1 is 1.40 bits per heavy atom. The molecule has 0 spiro atoms. The fourth-order valence-corrected chi connectivity index (χ4v) is 4.51. The van der Waals surface area contributed by atoms with Gasteiger partial charge in [0.2, 0.25) is 0 Å². The molecule has 0 saturated carbocycles. The molecule has 1 unspecified atom stereocenters. The van der Waals surface area contributed by atoms with Gasteiger partial charge in [0, 0.05) is 6.54 Å². The smallest absolute Gasteiger partial charge is 0.317 e. The van der Waals surface area contributed by atoms with Crippen molar-refractivity contribution >= 4 is 15.8 Å². The Morgan fingerprint density at radius 2 is 2.05 bits per heavy atom. The lowest BCUT2D eigenvalue weighted by Crippen LogP contribution is -2.37. The van der Waals surface area contributed by atoms with E-state index in [1.807, 2.05) is 13.8 Å². The lowest BCUT2D eigenvalue weighted by molar-refractivity contribution is -0.139. The summed E-state index contributed by atoms with van der Waals surface area (Å²) in [5, 5.41) is 9.04. The van der Waals surface area contributed by atoms with Crippen LogP contribution in [-0.2, 0) is 14.6 Å². The minimum Gasteiger partial charge on any atom is -0.480 e. The van der Waals surface area contributed by atoms with Gasteiger partial charge in [-0.3, -0.25) is 9.69 Å². The maximum atomic E-state index is 12.2. The van der Waals surface area contributed by atoms with Crippen molar-refractivity contribution in [3.8, 4) is 0 Å². The summed E-state index contributed by atoms with van der Waals surface area (Å²) >= 11 is 0. The van der Waals surface area contributed by atoms with Crippen LogP contribution in [0.4, 0.5) is 0 Å². The molecule has 1 heterocycles. The van der Waals surface area contributed by atoms with Gasteiger partial charge in [0.25, 0.3) is 0 Å². The number of sulfone groups is 1. The molecule has 1 aromatic rings. The second kappa shape index (κ2) is 5.54. The molecular formula is C14H19NO4S. The Hall–Kier alpha value is -1.40. The van der Waals surface area contributed by atoms with Gasteiger partial charge in [-0.2, -0.15) is 0 Å². The van der Waals surface area contributed by atoms with Crippen LogP contribution in [0.25, 0.3) is 0 Å². The van der Waals surface area contributed by atoms with Crippen molar-refractivity contribution in [3.05, 3.63) is 29.8 Å². The highest BCUT2D eigenvalue weighted by molar-refractivity contribution is 7.91. The Kier molecular flexibility index (Phi) is 4.15. The number of rotatable bonds is 5. The van der Waals surface area contributed by atoms with Crippen LogP contribution in [0.1, 0.15) is 25.5 Å². The molecule has 0 saturated heterocycles. The molecule has 1 N–H and O–H groups in total. The largest absolute Gasteiger partial charge is 0.480 e. The number of carbonyl (C=O) groups is 1. The molecule has 0 aliphatic carbocycles. The molecule has 1 aliphatic heterocycles. The zero-order valence-corrected chi connectivity index (χ0v) is 12.4. The summed E-state index contributed by atoms with van der Waals surface area (Å²) in [7, 11) is -3.31. The number of hydrogen-bond acceptors (Lipinski definition) is 4. The zero-order valence-electron chi connectivity index (χ0n) is 11.6. The summed E-state index contributed by atoms with van der Waals surface area (Å²) in [5.41, 5.74) is 0.717. The predicted octanol–water partition coefficient (Wildman–Crippen LogP) is 1.56. The normalized spacial score (nSPS) is 20.3. The summed E-state index contributed by atoms with van der Waals surface area (Å²) in [6.45, 7) is 4.39. The summed E-state index contributed by atoms with van der Waals surface area (Å²) in [6.07, 6.45) is 0. The van der Waals surface area contributed by atoms with Crippen molar-refractivity contribution in [1.82, 2.24) is 4.90 Å². The number of fused-ring (bicyclic) bond motifs is 1. The quantitative estimate of drug-likeness (QED) is 0.892. The Morgan fingerprint density at radius 3 is 2.65 bits per heavy atom. The van der Waals surface area contributed by atoms with Crippen LogP contribution in [0.5, 0.6) is 0 Å². The SMILES string of the molecule is CC(C)CN(CC(=O)O)C1CS(=O)(=O)c2ccccc21. The third-order valence-corrected chi connectivity index (χ3v) is 5.17. The van der Waals surface area contributed by atoms with Crippen LogP contribution < -0.4 is 0 Å². The second-order valence-electron chi connectivity index (χ2n) is 5.55. The maximum Gasteiger partial charge on any atom is 0.317 e. The van der Waals surface area contributed by atoms with E-state index < -0.39 is 15.8 Å². The van der Waals surface area contributed by atoms with Gasteiger partial charge < -0.3 is 5.11 Å². The van der Waals surface area contributed by atoms with Crippen LogP contribution in [0, 0.1) is 5.92 Å². The van der Waals surface area contributed by atoms with E-state index in [-0.39, 0.29) is 24.3 Å². The zero-order chi connectivity index (χ0) is 14.9. The lowest BCUT2D eigenvalue weighted by atomic mass is 10.1.